The van der Waals surface area contributed by atoms with Crippen molar-refractivity contribution in [3.05, 3.63) is 129 Å². The SMILES string of the molecule is O=C(O)c1ccc(C(=O)O)c(C(=O)N(Cc2ccc(-c3ccc(Cl)cc3)cc2)[C@H]2CCCc3ccccc32)c1C(=O)O. The molecule has 1 aliphatic carbocycles. The van der Waals surface area contributed by atoms with Crippen molar-refractivity contribution in [2.75, 3.05) is 0 Å². The molecule has 9 heteroatoms. The summed E-state index contributed by atoms with van der Waals surface area (Å²) in [7, 11) is 0. The van der Waals surface area contributed by atoms with Crippen molar-refractivity contribution in [1.82, 2.24) is 4.90 Å². The molecule has 0 bridgehead atoms. The molecule has 1 amide bonds. The molecule has 5 rings (SSSR count). The van der Waals surface area contributed by atoms with Gasteiger partial charge in [0.1, 0.15) is 0 Å². The summed E-state index contributed by atoms with van der Waals surface area (Å²) in [6.07, 6.45) is 2.13. The van der Waals surface area contributed by atoms with E-state index in [1.54, 1.807) is 12.1 Å². The summed E-state index contributed by atoms with van der Waals surface area (Å²) in [5, 5.41) is 30.2. The Labute approximate surface area is 246 Å². The van der Waals surface area contributed by atoms with Gasteiger partial charge in [-0.25, -0.2) is 14.4 Å². The van der Waals surface area contributed by atoms with Crippen LogP contribution in [0.3, 0.4) is 0 Å². The zero-order chi connectivity index (χ0) is 30.0. The number of rotatable bonds is 8. The lowest BCUT2D eigenvalue weighted by atomic mass is 9.85. The van der Waals surface area contributed by atoms with Crippen LogP contribution in [0.2, 0.25) is 5.02 Å². The molecule has 0 spiro atoms. The highest BCUT2D eigenvalue weighted by Gasteiger charge is 2.36. The molecule has 1 atom stereocenters. The molecule has 0 saturated carbocycles. The Morgan fingerprint density at radius 1 is 0.714 bits per heavy atom. The number of fused-ring (bicyclic) bond motifs is 1. The number of carbonyl (C=O) groups is 4. The van der Waals surface area contributed by atoms with Crippen LogP contribution in [0.5, 0.6) is 0 Å². The third kappa shape index (κ3) is 5.62. The van der Waals surface area contributed by atoms with Gasteiger partial charge in [0.2, 0.25) is 0 Å². The summed E-state index contributed by atoms with van der Waals surface area (Å²) in [6, 6.07) is 23.9. The van der Waals surface area contributed by atoms with E-state index in [9.17, 15) is 34.5 Å². The number of aryl methyl sites for hydroxylation is 1. The summed E-state index contributed by atoms with van der Waals surface area (Å²) in [5.74, 6) is -5.67. The van der Waals surface area contributed by atoms with E-state index >= 15 is 0 Å². The summed E-state index contributed by atoms with van der Waals surface area (Å²) >= 11 is 6.02. The largest absolute Gasteiger partial charge is 0.478 e. The molecule has 0 radical (unpaired) electrons. The number of carboxylic acid groups (broad SMARTS) is 3. The van der Waals surface area contributed by atoms with E-state index < -0.39 is 52.1 Å². The van der Waals surface area contributed by atoms with E-state index in [1.807, 2.05) is 60.7 Å². The number of carboxylic acids is 3. The van der Waals surface area contributed by atoms with Crippen LogP contribution in [0.15, 0.2) is 84.9 Å². The highest BCUT2D eigenvalue weighted by atomic mass is 35.5. The normalized spacial score (nSPS) is 14.1. The van der Waals surface area contributed by atoms with Crippen LogP contribution >= 0.6 is 11.6 Å². The van der Waals surface area contributed by atoms with Crippen molar-refractivity contribution in [3.63, 3.8) is 0 Å². The second-order valence-electron chi connectivity index (χ2n) is 10.1. The summed E-state index contributed by atoms with van der Waals surface area (Å²) in [4.78, 5) is 52.3. The van der Waals surface area contributed by atoms with Crippen molar-refractivity contribution < 1.29 is 34.5 Å². The van der Waals surface area contributed by atoms with Crippen molar-refractivity contribution in [2.24, 2.45) is 0 Å². The predicted octanol–water partition coefficient (Wildman–Crippen LogP) is 6.82. The van der Waals surface area contributed by atoms with Crippen LogP contribution in [0, 0.1) is 0 Å². The average molecular weight is 584 g/mol. The Bertz CT molecular complexity index is 1700. The molecule has 212 valence electrons. The quantitative estimate of drug-likeness (QED) is 0.207. The van der Waals surface area contributed by atoms with E-state index in [0.29, 0.717) is 11.4 Å². The maximum atomic E-state index is 14.4. The number of nitrogens with zero attached hydrogens (tertiary/aromatic N) is 1. The minimum Gasteiger partial charge on any atom is -0.478 e. The van der Waals surface area contributed by atoms with Crippen LogP contribution in [0.25, 0.3) is 11.1 Å². The average Bonchev–Trinajstić information content (AvgIpc) is 2.99. The van der Waals surface area contributed by atoms with Crippen molar-refractivity contribution >= 4 is 35.4 Å². The molecule has 0 aromatic heterocycles. The molecule has 0 saturated heterocycles. The second kappa shape index (κ2) is 11.9. The molecule has 4 aromatic rings. The van der Waals surface area contributed by atoms with Crippen LogP contribution in [0.1, 0.15) is 77.0 Å². The molecule has 0 unspecified atom stereocenters. The fraction of sp³-hybridized carbons (Fsp3) is 0.152. The fourth-order valence-electron chi connectivity index (χ4n) is 5.56. The maximum absolute atomic E-state index is 14.4. The van der Waals surface area contributed by atoms with Crippen molar-refractivity contribution in [2.45, 2.75) is 31.8 Å². The first-order valence-corrected chi connectivity index (χ1v) is 13.6. The second-order valence-corrected chi connectivity index (χ2v) is 10.5. The Hall–Kier alpha value is -4.95. The van der Waals surface area contributed by atoms with E-state index in [4.69, 9.17) is 11.6 Å². The Balaban J connectivity index is 1.63. The molecule has 1 aliphatic rings. The highest BCUT2D eigenvalue weighted by molar-refractivity contribution is 6.30. The van der Waals surface area contributed by atoms with Crippen LogP contribution in [-0.2, 0) is 13.0 Å². The molecular weight excluding hydrogens is 558 g/mol. The first-order valence-electron chi connectivity index (χ1n) is 13.3. The maximum Gasteiger partial charge on any atom is 0.337 e. The van der Waals surface area contributed by atoms with Gasteiger partial charge in [0.25, 0.3) is 5.91 Å². The van der Waals surface area contributed by atoms with Crippen molar-refractivity contribution in [3.8, 4) is 11.1 Å². The number of halogens is 1. The molecule has 8 nitrogen and oxygen atoms in total. The van der Waals surface area contributed by atoms with Gasteiger partial charge in [-0.2, -0.15) is 0 Å². The first kappa shape index (κ1) is 28.6. The Kier molecular flexibility index (Phi) is 8.08. The molecular formula is C33H26ClNO7. The number of aromatic carboxylic acids is 3. The molecule has 0 heterocycles. The van der Waals surface area contributed by atoms with Gasteiger partial charge in [-0.3, -0.25) is 4.79 Å². The van der Waals surface area contributed by atoms with E-state index in [2.05, 4.69) is 0 Å². The topological polar surface area (TPSA) is 132 Å². The van der Waals surface area contributed by atoms with E-state index in [-0.39, 0.29) is 6.54 Å². The lowest BCUT2D eigenvalue weighted by Gasteiger charge is -2.36. The smallest absolute Gasteiger partial charge is 0.337 e. The summed E-state index contributed by atoms with van der Waals surface area (Å²) in [6.45, 7) is 0.0359. The highest BCUT2D eigenvalue weighted by Crippen LogP contribution is 2.37. The zero-order valence-electron chi connectivity index (χ0n) is 22.3. The summed E-state index contributed by atoms with van der Waals surface area (Å²) in [5.41, 5.74) is 1.79. The lowest BCUT2D eigenvalue weighted by molar-refractivity contribution is 0.0594. The lowest BCUT2D eigenvalue weighted by Crippen LogP contribution is -2.38. The van der Waals surface area contributed by atoms with Crippen LogP contribution in [0.4, 0.5) is 0 Å². The number of hydrogen-bond acceptors (Lipinski definition) is 4. The number of amides is 1. The van der Waals surface area contributed by atoms with Gasteiger partial charge in [-0.1, -0.05) is 72.3 Å². The number of carbonyl (C=O) groups excluding carboxylic acids is 1. The monoisotopic (exact) mass is 583 g/mol. The van der Waals surface area contributed by atoms with Gasteiger partial charge >= 0.3 is 17.9 Å². The standard InChI is InChI=1S/C33H26ClNO7/c34-23-14-12-21(13-15-23)20-10-8-19(9-11-20)18-35(27-7-3-5-22-4-1-2-6-24(22)27)30(36)28-25(31(37)38)16-17-26(32(39)40)29(28)33(41)42/h1-2,4,6,8-17,27H,3,5,7,18H2,(H,37,38)(H,39,40)(H,41,42)/t27-/m0/s1. The van der Waals surface area contributed by atoms with Gasteiger partial charge in [-0.15, -0.1) is 0 Å². The molecule has 4 aromatic carbocycles. The third-order valence-electron chi connectivity index (χ3n) is 7.55. The van der Waals surface area contributed by atoms with Crippen molar-refractivity contribution in [1.29, 1.82) is 0 Å². The minimum absolute atomic E-state index is 0.0359. The van der Waals surface area contributed by atoms with Gasteiger partial charge in [0.05, 0.1) is 28.3 Å². The number of hydrogen-bond donors (Lipinski definition) is 3. The van der Waals surface area contributed by atoms with Gasteiger partial charge in [-0.05, 0) is 71.3 Å². The first-order chi connectivity index (χ1) is 20.2. The van der Waals surface area contributed by atoms with Gasteiger partial charge in [0, 0.05) is 11.6 Å². The van der Waals surface area contributed by atoms with E-state index in [0.717, 1.165) is 52.8 Å². The summed E-state index contributed by atoms with van der Waals surface area (Å²) < 4.78 is 0. The Morgan fingerprint density at radius 2 is 1.29 bits per heavy atom. The van der Waals surface area contributed by atoms with Gasteiger partial charge < -0.3 is 20.2 Å². The molecule has 42 heavy (non-hydrogen) atoms. The molecule has 0 aliphatic heterocycles. The van der Waals surface area contributed by atoms with Gasteiger partial charge in [0.15, 0.2) is 0 Å². The molecule has 0 fully saturated rings. The van der Waals surface area contributed by atoms with Crippen LogP contribution in [-0.4, -0.2) is 44.0 Å². The number of benzene rings is 4. The zero-order valence-corrected chi connectivity index (χ0v) is 23.0. The fourth-order valence-corrected chi connectivity index (χ4v) is 5.69. The Morgan fingerprint density at radius 3 is 1.88 bits per heavy atom. The minimum atomic E-state index is -1.70. The third-order valence-corrected chi connectivity index (χ3v) is 7.81. The predicted molar refractivity (Wildman–Crippen MR) is 156 cm³/mol. The molecule has 3 N–H and O–H groups in total. The van der Waals surface area contributed by atoms with Crippen LogP contribution < -0.4 is 0 Å². The van der Waals surface area contributed by atoms with E-state index in [1.165, 1.54) is 4.90 Å².